The predicted octanol–water partition coefficient (Wildman–Crippen LogP) is 3.89. The zero-order chi connectivity index (χ0) is 11.4. The summed E-state index contributed by atoms with van der Waals surface area (Å²) < 4.78 is 5.83. The van der Waals surface area contributed by atoms with Gasteiger partial charge in [-0.2, -0.15) is 0 Å². The molecule has 1 aromatic rings. The molecule has 0 bridgehead atoms. The second kappa shape index (κ2) is 5.69. The van der Waals surface area contributed by atoms with Crippen molar-refractivity contribution < 1.29 is 4.74 Å². The lowest BCUT2D eigenvalue weighted by Crippen LogP contribution is -2.15. The van der Waals surface area contributed by atoms with Gasteiger partial charge < -0.3 is 4.74 Å². The van der Waals surface area contributed by atoms with Crippen LogP contribution in [0.5, 0.6) is 5.75 Å². The summed E-state index contributed by atoms with van der Waals surface area (Å²) in [5, 5.41) is 7.98. The van der Waals surface area contributed by atoms with Gasteiger partial charge in [0, 0.05) is 6.07 Å². The molecule has 88 valence electrons. The topological polar surface area (TPSA) is 35.0 Å². The fourth-order valence-corrected chi connectivity index (χ4v) is 2.23. The fraction of sp³-hybridized carbons (Fsp3) is 0.636. The minimum Gasteiger partial charge on any atom is -0.487 e. The highest BCUT2D eigenvalue weighted by Crippen LogP contribution is 2.28. The number of halogens is 2. The Balaban J connectivity index is 2.04. The molecule has 1 aromatic heterocycles. The summed E-state index contributed by atoms with van der Waals surface area (Å²) in [6.07, 6.45) is 7.42. The maximum absolute atomic E-state index is 5.90. The lowest BCUT2D eigenvalue weighted by Gasteiger charge is -2.17. The SMILES string of the molecule is Clc1cc(OC2CCCCCC2)c(Cl)nn1. The molecule has 5 heteroatoms. The largest absolute Gasteiger partial charge is 0.487 e. The van der Waals surface area contributed by atoms with E-state index in [4.69, 9.17) is 27.9 Å². The monoisotopic (exact) mass is 260 g/mol. The van der Waals surface area contributed by atoms with Gasteiger partial charge in [-0.15, -0.1) is 10.2 Å². The first-order chi connectivity index (χ1) is 7.75. The summed E-state index contributed by atoms with van der Waals surface area (Å²) in [4.78, 5) is 0. The molecule has 1 aliphatic rings. The van der Waals surface area contributed by atoms with Crippen molar-refractivity contribution in [3.05, 3.63) is 16.4 Å². The van der Waals surface area contributed by atoms with Gasteiger partial charge in [0.15, 0.2) is 16.1 Å². The first-order valence-corrected chi connectivity index (χ1v) is 6.36. The first-order valence-electron chi connectivity index (χ1n) is 5.61. The molecule has 0 spiro atoms. The maximum Gasteiger partial charge on any atom is 0.193 e. The molecule has 0 amide bonds. The Morgan fingerprint density at radius 2 is 1.75 bits per heavy atom. The molecular formula is C11H14Cl2N2O. The second-order valence-corrected chi connectivity index (χ2v) is 4.80. The molecule has 1 saturated carbocycles. The van der Waals surface area contributed by atoms with Gasteiger partial charge in [-0.1, -0.05) is 36.0 Å². The fourth-order valence-electron chi connectivity index (χ4n) is 1.96. The van der Waals surface area contributed by atoms with Crippen LogP contribution in [0.4, 0.5) is 0 Å². The summed E-state index contributed by atoms with van der Waals surface area (Å²) in [5.41, 5.74) is 0. The molecule has 1 heterocycles. The molecular weight excluding hydrogens is 247 g/mol. The van der Waals surface area contributed by atoms with Crippen LogP contribution in [0.3, 0.4) is 0 Å². The molecule has 0 N–H and O–H groups in total. The Hall–Kier alpha value is -0.540. The molecule has 1 fully saturated rings. The summed E-state index contributed by atoms with van der Waals surface area (Å²) >= 11 is 11.7. The zero-order valence-electron chi connectivity index (χ0n) is 8.96. The van der Waals surface area contributed by atoms with Crippen molar-refractivity contribution >= 4 is 23.2 Å². The highest BCUT2D eigenvalue weighted by Gasteiger charge is 2.16. The van der Waals surface area contributed by atoms with E-state index < -0.39 is 0 Å². The van der Waals surface area contributed by atoms with Gasteiger partial charge in [-0.25, -0.2) is 0 Å². The summed E-state index contributed by atoms with van der Waals surface area (Å²) in [7, 11) is 0. The molecule has 0 aromatic carbocycles. The Bertz CT molecular complexity index is 352. The molecule has 0 aliphatic heterocycles. The van der Waals surface area contributed by atoms with E-state index in [0.29, 0.717) is 10.9 Å². The highest BCUT2D eigenvalue weighted by atomic mass is 35.5. The lowest BCUT2D eigenvalue weighted by molar-refractivity contribution is 0.183. The van der Waals surface area contributed by atoms with Crippen LogP contribution in [0.2, 0.25) is 10.3 Å². The van der Waals surface area contributed by atoms with E-state index in [9.17, 15) is 0 Å². The van der Waals surface area contributed by atoms with Crippen molar-refractivity contribution in [1.29, 1.82) is 0 Å². The number of ether oxygens (including phenoxy) is 1. The molecule has 0 saturated heterocycles. The van der Waals surface area contributed by atoms with E-state index in [1.165, 1.54) is 25.7 Å². The molecule has 1 aliphatic carbocycles. The summed E-state index contributed by atoms with van der Waals surface area (Å²) in [6.45, 7) is 0. The van der Waals surface area contributed by atoms with E-state index in [-0.39, 0.29) is 11.3 Å². The van der Waals surface area contributed by atoms with Crippen molar-refractivity contribution in [2.45, 2.75) is 44.6 Å². The quantitative estimate of drug-likeness (QED) is 0.757. The molecule has 16 heavy (non-hydrogen) atoms. The third-order valence-electron chi connectivity index (χ3n) is 2.78. The zero-order valence-corrected chi connectivity index (χ0v) is 10.5. The van der Waals surface area contributed by atoms with Crippen molar-refractivity contribution in [2.75, 3.05) is 0 Å². The van der Waals surface area contributed by atoms with Crippen molar-refractivity contribution in [3.63, 3.8) is 0 Å². The summed E-state index contributed by atoms with van der Waals surface area (Å²) in [6, 6.07) is 1.63. The summed E-state index contributed by atoms with van der Waals surface area (Å²) in [5.74, 6) is 0.550. The first kappa shape index (κ1) is 11.9. The Morgan fingerprint density at radius 1 is 1.06 bits per heavy atom. The standard InChI is InChI=1S/C11H14Cl2N2O/c12-10-7-9(11(13)15-14-10)16-8-5-3-1-2-4-6-8/h7-8H,1-6H2. The van der Waals surface area contributed by atoms with Crippen LogP contribution in [-0.2, 0) is 0 Å². The maximum atomic E-state index is 5.90. The van der Waals surface area contributed by atoms with E-state index in [1.807, 2.05) is 0 Å². The van der Waals surface area contributed by atoms with Gasteiger partial charge >= 0.3 is 0 Å². The van der Waals surface area contributed by atoms with Gasteiger partial charge in [0.25, 0.3) is 0 Å². The van der Waals surface area contributed by atoms with Crippen LogP contribution < -0.4 is 4.74 Å². The van der Waals surface area contributed by atoms with Gasteiger partial charge in [0.2, 0.25) is 0 Å². The van der Waals surface area contributed by atoms with Gasteiger partial charge in [0.1, 0.15) is 0 Å². The van der Waals surface area contributed by atoms with E-state index >= 15 is 0 Å². The van der Waals surface area contributed by atoms with E-state index in [1.54, 1.807) is 6.07 Å². The number of hydrogen-bond donors (Lipinski definition) is 0. The van der Waals surface area contributed by atoms with Crippen LogP contribution in [-0.4, -0.2) is 16.3 Å². The Kier molecular flexibility index (Phi) is 4.24. The average Bonchev–Trinajstić information content (AvgIpc) is 2.52. The highest BCUT2D eigenvalue weighted by molar-refractivity contribution is 6.32. The van der Waals surface area contributed by atoms with Crippen molar-refractivity contribution in [1.82, 2.24) is 10.2 Å². The van der Waals surface area contributed by atoms with Crippen LogP contribution in [0.25, 0.3) is 0 Å². The average molecular weight is 261 g/mol. The molecule has 2 rings (SSSR count). The Labute approximate surface area is 105 Å². The van der Waals surface area contributed by atoms with E-state index in [0.717, 1.165) is 12.8 Å². The minimum atomic E-state index is 0.236. The van der Waals surface area contributed by atoms with Crippen LogP contribution in [0, 0.1) is 0 Å². The Morgan fingerprint density at radius 3 is 2.44 bits per heavy atom. The van der Waals surface area contributed by atoms with Crippen LogP contribution in [0.1, 0.15) is 38.5 Å². The van der Waals surface area contributed by atoms with Gasteiger partial charge in [-0.05, 0) is 25.7 Å². The third kappa shape index (κ3) is 3.22. The molecule has 0 radical (unpaired) electrons. The number of aromatic nitrogens is 2. The van der Waals surface area contributed by atoms with E-state index in [2.05, 4.69) is 10.2 Å². The molecule has 3 nitrogen and oxygen atoms in total. The minimum absolute atomic E-state index is 0.236. The van der Waals surface area contributed by atoms with Crippen molar-refractivity contribution in [2.24, 2.45) is 0 Å². The number of rotatable bonds is 2. The smallest absolute Gasteiger partial charge is 0.193 e. The van der Waals surface area contributed by atoms with Gasteiger partial charge in [-0.3, -0.25) is 0 Å². The lowest BCUT2D eigenvalue weighted by atomic mass is 10.1. The molecule has 0 atom stereocenters. The number of nitrogens with zero attached hydrogens (tertiary/aromatic N) is 2. The van der Waals surface area contributed by atoms with Crippen LogP contribution in [0.15, 0.2) is 6.07 Å². The third-order valence-corrected chi connectivity index (χ3v) is 3.23. The van der Waals surface area contributed by atoms with Crippen LogP contribution >= 0.6 is 23.2 Å². The second-order valence-electron chi connectivity index (χ2n) is 4.05. The van der Waals surface area contributed by atoms with Crippen molar-refractivity contribution in [3.8, 4) is 5.75 Å². The van der Waals surface area contributed by atoms with Gasteiger partial charge in [0.05, 0.1) is 6.10 Å². The predicted molar refractivity (Wildman–Crippen MR) is 64.2 cm³/mol. The number of hydrogen-bond acceptors (Lipinski definition) is 3. The molecule has 0 unspecified atom stereocenters. The normalized spacial score (nSPS) is 18.1.